The lowest BCUT2D eigenvalue weighted by Gasteiger charge is -2.21. The molecule has 1 aliphatic heterocycles. The molecular weight excluding hydrogens is 328 g/mol. The number of aromatic nitrogens is 1. The van der Waals surface area contributed by atoms with Crippen LogP contribution in [0.2, 0.25) is 0 Å². The molecule has 0 spiro atoms. The molecule has 0 radical (unpaired) electrons. The lowest BCUT2D eigenvalue weighted by atomic mass is 10.1. The minimum absolute atomic E-state index is 0.965. The standard InChI is InChI=1S/C20H18N4S/c1-2-23-18-6-4-3-5-16(18)17-11-15(7-8-19(17)23)24-20(12-21-22-24)14-9-10-25-13-14/h3-13,21-22H,2H2,1H3. The monoisotopic (exact) mass is 346 g/mol. The predicted molar refractivity (Wildman–Crippen MR) is 106 cm³/mol. The van der Waals surface area contributed by atoms with Crippen LogP contribution in [0.15, 0.2) is 65.5 Å². The summed E-state index contributed by atoms with van der Waals surface area (Å²) in [7, 11) is 0. The van der Waals surface area contributed by atoms with Crippen LogP contribution in [0.25, 0.3) is 27.5 Å². The fourth-order valence-corrected chi connectivity index (χ4v) is 4.29. The number of anilines is 1. The van der Waals surface area contributed by atoms with Crippen LogP contribution >= 0.6 is 11.3 Å². The van der Waals surface area contributed by atoms with Gasteiger partial charge in [0.15, 0.2) is 0 Å². The normalized spacial score (nSPS) is 14.3. The van der Waals surface area contributed by atoms with Gasteiger partial charge < -0.3 is 9.99 Å². The summed E-state index contributed by atoms with van der Waals surface area (Å²) in [6, 6.07) is 17.4. The number of hydrazine groups is 2. The van der Waals surface area contributed by atoms with Crippen LogP contribution in [0.1, 0.15) is 12.5 Å². The van der Waals surface area contributed by atoms with Crippen molar-refractivity contribution in [1.29, 1.82) is 0 Å². The van der Waals surface area contributed by atoms with Crippen LogP contribution in [0.4, 0.5) is 5.69 Å². The van der Waals surface area contributed by atoms with Gasteiger partial charge in [-0.1, -0.05) is 18.2 Å². The number of nitrogens with one attached hydrogen (secondary N) is 2. The molecule has 3 heterocycles. The van der Waals surface area contributed by atoms with Crippen molar-refractivity contribution in [3.05, 3.63) is 71.1 Å². The number of hydrogen-bond donors (Lipinski definition) is 2. The summed E-state index contributed by atoms with van der Waals surface area (Å²) in [6.07, 6.45) is 2.00. The van der Waals surface area contributed by atoms with E-state index in [-0.39, 0.29) is 0 Å². The summed E-state index contributed by atoms with van der Waals surface area (Å²) in [6.45, 7) is 3.16. The van der Waals surface area contributed by atoms with Crippen molar-refractivity contribution in [2.24, 2.45) is 0 Å². The predicted octanol–water partition coefficient (Wildman–Crippen LogP) is 4.70. The van der Waals surface area contributed by atoms with E-state index in [0.717, 1.165) is 17.9 Å². The molecule has 2 aromatic heterocycles. The summed E-state index contributed by atoms with van der Waals surface area (Å²) >= 11 is 1.71. The average Bonchev–Trinajstić information content (AvgIpc) is 3.38. The van der Waals surface area contributed by atoms with E-state index >= 15 is 0 Å². The Kier molecular flexibility index (Phi) is 3.29. The molecule has 2 N–H and O–H groups in total. The number of para-hydroxylation sites is 1. The van der Waals surface area contributed by atoms with Crippen molar-refractivity contribution in [3.63, 3.8) is 0 Å². The van der Waals surface area contributed by atoms with E-state index in [1.54, 1.807) is 11.3 Å². The molecule has 0 atom stereocenters. The fourth-order valence-electron chi connectivity index (χ4n) is 3.64. The maximum atomic E-state index is 3.23. The van der Waals surface area contributed by atoms with Gasteiger partial charge in [-0.05, 0) is 42.6 Å². The molecular formula is C20H18N4S. The van der Waals surface area contributed by atoms with E-state index in [0.29, 0.717) is 0 Å². The molecule has 4 nitrogen and oxygen atoms in total. The first kappa shape index (κ1) is 14.6. The van der Waals surface area contributed by atoms with Crippen LogP contribution < -0.4 is 16.0 Å². The van der Waals surface area contributed by atoms with Gasteiger partial charge in [0.1, 0.15) is 0 Å². The zero-order chi connectivity index (χ0) is 16.8. The largest absolute Gasteiger partial charge is 0.341 e. The maximum absolute atomic E-state index is 3.23. The molecule has 0 fully saturated rings. The zero-order valence-electron chi connectivity index (χ0n) is 13.9. The Balaban J connectivity index is 1.68. The Morgan fingerprint density at radius 2 is 1.88 bits per heavy atom. The molecule has 4 aromatic rings. The first-order valence-corrected chi connectivity index (χ1v) is 9.36. The maximum Gasteiger partial charge on any atom is 0.0847 e. The second kappa shape index (κ2) is 5.65. The molecule has 5 rings (SSSR count). The summed E-state index contributed by atoms with van der Waals surface area (Å²) in [4.78, 5) is 0. The van der Waals surface area contributed by atoms with Gasteiger partial charge in [-0.3, -0.25) is 5.01 Å². The SMILES string of the molecule is CCn1c2ccccc2c2cc(N3NNC=C3c3ccsc3)ccc21. The summed E-state index contributed by atoms with van der Waals surface area (Å²) in [5, 5.41) is 8.95. The van der Waals surface area contributed by atoms with E-state index in [1.807, 2.05) is 6.20 Å². The second-order valence-corrected chi connectivity index (χ2v) is 6.88. The summed E-state index contributed by atoms with van der Waals surface area (Å²) in [5.74, 6) is 0. The number of rotatable bonds is 3. The van der Waals surface area contributed by atoms with Gasteiger partial charge in [-0.25, -0.2) is 0 Å². The molecule has 1 aliphatic rings. The Hall–Kier alpha value is -2.76. The first-order valence-electron chi connectivity index (χ1n) is 8.42. The smallest absolute Gasteiger partial charge is 0.0847 e. The van der Waals surface area contributed by atoms with Gasteiger partial charge in [0, 0.05) is 45.5 Å². The van der Waals surface area contributed by atoms with Crippen molar-refractivity contribution >= 4 is 44.5 Å². The number of hydrogen-bond acceptors (Lipinski definition) is 4. The molecule has 5 heteroatoms. The van der Waals surface area contributed by atoms with E-state index < -0.39 is 0 Å². The fraction of sp³-hybridized carbons (Fsp3) is 0.100. The van der Waals surface area contributed by atoms with Gasteiger partial charge in [0.2, 0.25) is 0 Å². The minimum atomic E-state index is 0.965. The Bertz CT molecular complexity index is 1090. The molecule has 0 unspecified atom stereocenters. The number of fused-ring (bicyclic) bond motifs is 3. The van der Waals surface area contributed by atoms with E-state index in [9.17, 15) is 0 Å². The summed E-state index contributed by atoms with van der Waals surface area (Å²) < 4.78 is 2.37. The molecule has 2 aromatic carbocycles. The molecule has 0 aliphatic carbocycles. The van der Waals surface area contributed by atoms with Crippen LogP contribution in [0, 0.1) is 0 Å². The number of benzene rings is 2. The van der Waals surface area contributed by atoms with Crippen molar-refractivity contribution in [1.82, 2.24) is 15.5 Å². The molecule has 0 saturated carbocycles. The molecule has 0 bridgehead atoms. The third kappa shape index (κ3) is 2.17. The quantitative estimate of drug-likeness (QED) is 0.564. The van der Waals surface area contributed by atoms with Crippen molar-refractivity contribution in [3.8, 4) is 0 Å². The van der Waals surface area contributed by atoms with Gasteiger partial charge in [0.05, 0.1) is 11.4 Å². The summed E-state index contributed by atoms with van der Waals surface area (Å²) in [5.41, 5.74) is 12.4. The van der Waals surface area contributed by atoms with Crippen LogP contribution in [-0.2, 0) is 6.54 Å². The molecule has 0 amide bonds. The lowest BCUT2D eigenvalue weighted by Crippen LogP contribution is -2.36. The lowest BCUT2D eigenvalue weighted by molar-refractivity contribution is 0.684. The second-order valence-electron chi connectivity index (χ2n) is 6.10. The Morgan fingerprint density at radius 1 is 1.00 bits per heavy atom. The van der Waals surface area contributed by atoms with E-state index in [1.165, 1.54) is 27.4 Å². The Morgan fingerprint density at radius 3 is 2.72 bits per heavy atom. The number of aryl methyl sites for hydroxylation is 1. The number of nitrogens with zero attached hydrogens (tertiary/aromatic N) is 2. The van der Waals surface area contributed by atoms with Crippen LogP contribution in [0.3, 0.4) is 0 Å². The third-order valence-electron chi connectivity index (χ3n) is 4.77. The highest BCUT2D eigenvalue weighted by molar-refractivity contribution is 7.08. The topological polar surface area (TPSA) is 32.2 Å². The Labute approximate surface area is 149 Å². The molecule has 0 saturated heterocycles. The van der Waals surface area contributed by atoms with Gasteiger partial charge in [-0.15, -0.1) is 5.53 Å². The third-order valence-corrected chi connectivity index (χ3v) is 5.46. The average molecular weight is 346 g/mol. The van der Waals surface area contributed by atoms with Gasteiger partial charge >= 0.3 is 0 Å². The van der Waals surface area contributed by atoms with E-state index in [2.05, 4.69) is 86.8 Å². The van der Waals surface area contributed by atoms with Crippen LogP contribution in [0.5, 0.6) is 0 Å². The van der Waals surface area contributed by atoms with Crippen molar-refractivity contribution < 1.29 is 0 Å². The minimum Gasteiger partial charge on any atom is -0.341 e. The highest BCUT2D eigenvalue weighted by Crippen LogP contribution is 2.34. The zero-order valence-corrected chi connectivity index (χ0v) is 14.7. The molecule has 25 heavy (non-hydrogen) atoms. The number of thiophene rings is 1. The van der Waals surface area contributed by atoms with Crippen molar-refractivity contribution in [2.45, 2.75) is 13.5 Å². The highest BCUT2D eigenvalue weighted by Gasteiger charge is 2.20. The highest BCUT2D eigenvalue weighted by atomic mass is 32.1. The van der Waals surface area contributed by atoms with E-state index in [4.69, 9.17) is 0 Å². The first-order chi connectivity index (χ1) is 12.4. The van der Waals surface area contributed by atoms with Crippen molar-refractivity contribution in [2.75, 3.05) is 5.01 Å². The van der Waals surface area contributed by atoms with Crippen LogP contribution in [-0.4, -0.2) is 4.57 Å². The molecule has 124 valence electrons. The van der Waals surface area contributed by atoms with Gasteiger partial charge in [-0.2, -0.15) is 11.3 Å². The van der Waals surface area contributed by atoms with Gasteiger partial charge in [0.25, 0.3) is 0 Å².